The lowest BCUT2D eigenvalue weighted by molar-refractivity contribution is 0.332. The zero-order valence-electron chi connectivity index (χ0n) is 9.89. The summed E-state index contributed by atoms with van der Waals surface area (Å²) in [5, 5.41) is 12.3. The monoisotopic (exact) mass is 230 g/mol. The molecule has 4 heteroatoms. The average Bonchev–Trinajstić information content (AvgIpc) is 2.39. The molecule has 1 aliphatic rings. The van der Waals surface area contributed by atoms with E-state index in [9.17, 15) is 0 Å². The minimum Gasteiger partial charge on any atom is -0.367 e. The molecule has 2 atom stereocenters. The molecule has 1 fully saturated rings. The Morgan fingerprint density at radius 1 is 1.47 bits per heavy atom. The minimum atomic E-state index is 0.398. The molecule has 0 aliphatic heterocycles. The molecule has 1 heterocycles. The van der Waals surface area contributed by atoms with Gasteiger partial charge in [0.05, 0.1) is 11.6 Å². The van der Waals surface area contributed by atoms with Crippen molar-refractivity contribution in [1.29, 1.82) is 5.26 Å². The van der Waals surface area contributed by atoms with Gasteiger partial charge in [0.1, 0.15) is 5.82 Å². The number of nitrogens with one attached hydrogen (secondary N) is 1. The van der Waals surface area contributed by atoms with Crippen molar-refractivity contribution >= 4 is 5.82 Å². The van der Waals surface area contributed by atoms with Crippen molar-refractivity contribution in [1.82, 2.24) is 4.98 Å². The van der Waals surface area contributed by atoms with Crippen LogP contribution in [-0.2, 0) is 0 Å². The first kappa shape index (κ1) is 11.9. The molecule has 0 spiro atoms. The Bertz CT molecular complexity index is 410. The highest BCUT2D eigenvalue weighted by Crippen LogP contribution is 2.26. The van der Waals surface area contributed by atoms with Gasteiger partial charge in [-0.05, 0) is 37.4 Å². The van der Waals surface area contributed by atoms with E-state index >= 15 is 0 Å². The van der Waals surface area contributed by atoms with Crippen LogP contribution in [0.5, 0.6) is 0 Å². The van der Waals surface area contributed by atoms with E-state index in [4.69, 9.17) is 11.0 Å². The van der Waals surface area contributed by atoms with Gasteiger partial charge in [0.25, 0.3) is 0 Å². The van der Waals surface area contributed by atoms with Gasteiger partial charge in [0.15, 0.2) is 0 Å². The lowest BCUT2D eigenvalue weighted by atomic mass is 9.84. The number of nitrogens with two attached hydrogens (primary N) is 1. The van der Waals surface area contributed by atoms with Gasteiger partial charge in [-0.1, -0.05) is 12.8 Å². The molecule has 2 rings (SSSR count). The second kappa shape index (κ2) is 5.65. The van der Waals surface area contributed by atoms with Crippen molar-refractivity contribution in [2.24, 2.45) is 11.7 Å². The number of nitriles is 1. The summed E-state index contributed by atoms with van der Waals surface area (Å²) in [7, 11) is 0. The molecule has 2 unspecified atom stereocenters. The van der Waals surface area contributed by atoms with Gasteiger partial charge in [0.2, 0.25) is 0 Å². The Morgan fingerprint density at radius 3 is 3.06 bits per heavy atom. The second-order valence-corrected chi connectivity index (χ2v) is 4.57. The third kappa shape index (κ3) is 2.95. The van der Waals surface area contributed by atoms with Crippen LogP contribution >= 0.6 is 0 Å². The molecule has 0 aromatic carbocycles. The van der Waals surface area contributed by atoms with Crippen molar-refractivity contribution in [3.05, 3.63) is 23.9 Å². The van der Waals surface area contributed by atoms with Gasteiger partial charge in [-0.25, -0.2) is 4.98 Å². The largest absolute Gasteiger partial charge is 0.367 e. The number of pyridine rings is 1. The van der Waals surface area contributed by atoms with E-state index in [2.05, 4.69) is 16.4 Å². The quantitative estimate of drug-likeness (QED) is 0.831. The first-order chi connectivity index (χ1) is 8.33. The van der Waals surface area contributed by atoms with Crippen LogP contribution in [0, 0.1) is 17.2 Å². The highest BCUT2D eigenvalue weighted by atomic mass is 15.0. The SMILES string of the molecule is N#Cc1ccnc(NC2CCCCC2CN)c1. The van der Waals surface area contributed by atoms with Crippen molar-refractivity contribution in [3.8, 4) is 6.07 Å². The summed E-state index contributed by atoms with van der Waals surface area (Å²) >= 11 is 0. The molecule has 90 valence electrons. The van der Waals surface area contributed by atoms with Crippen molar-refractivity contribution in [3.63, 3.8) is 0 Å². The number of anilines is 1. The van der Waals surface area contributed by atoms with E-state index in [1.54, 1.807) is 18.3 Å². The lowest BCUT2D eigenvalue weighted by Crippen LogP contribution is -2.36. The van der Waals surface area contributed by atoms with E-state index in [0.717, 1.165) is 18.8 Å². The summed E-state index contributed by atoms with van der Waals surface area (Å²) in [4.78, 5) is 4.25. The third-order valence-corrected chi connectivity index (χ3v) is 3.43. The fourth-order valence-corrected chi connectivity index (χ4v) is 2.45. The fraction of sp³-hybridized carbons (Fsp3) is 0.538. The van der Waals surface area contributed by atoms with Gasteiger partial charge in [0, 0.05) is 12.2 Å². The van der Waals surface area contributed by atoms with Crippen LogP contribution in [-0.4, -0.2) is 17.6 Å². The lowest BCUT2D eigenvalue weighted by Gasteiger charge is -2.31. The summed E-state index contributed by atoms with van der Waals surface area (Å²) in [5.41, 5.74) is 6.43. The molecular formula is C13H18N4. The van der Waals surface area contributed by atoms with E-state index in [-0.39, 0.29) is 0 Å². The smallest absolute Gasteiger partial charge is 0.127 e. The molecule has 0 saturated heterocycles. The van der Waals surface area contributed by atoms with Gasteiger partial charge in [-0.3, -0.25) is 0 Å². The number of rotatable bonds is 3. The second-order valence-electron chi connectivity index (χ2n) is 4.57. The highest BCUT2D eigenvalue weighted by Gasteiger charge is 2.23. The van der Waals surface area contributed by atoms with Crippen LogP contribution in [0.15, 0.2) is 18.3 Å². The van der Waals surface area contributed by atoms with Gasteiger partial charge in [-0.15, -0.1) is 0 Å². The van der Waals surface area contributed by atoms with Crippen LogP contribution in [0.2, 0.25) is 0 Å². The normalized spacial score (nSPS) is 24.0. The zero-order valence-corrected chi connectivity index (χ0v) is 9.89. The molecule has 0 bridgehead atoms. The molecule has 3 N–H and O–H groups in total. The van der Waals surface area contributed by atoms with Crippen LogP contribution in [0.3, 0.4) is 0 Å². The Kier molecular flexibility index (Phi) is 3.94. The maximum atomic E-state index is 8.84. The van der Waals surface area contributed by atoms with Crippen LogP contribution in [0.4, 0.5) is 5.82 Å². The summed E-state index contributed by atoms with van der Waals surface area (Å²) in [6, 6.07) is 6.03. The van der Waals surface area contributed by atoms with Crippen molar-refractivity contribution < 1.29 is 0 Å². The van der Waals surface area contributed by atoms with Gasteiger partial charge in [-0.2, -0.15) is 5.26 Å². The average molecular weight is 230 g/mol. The standard InChI is InChI=1S/C13H18N4/c14-8-10-5-6-16-13(7-10)17-12-4-2-1-3-11(12)9-15/h5-7,11-12H,1-4,9,15H2,(H,16,17). The Morgan fingerprint density at radius 2 is 2.29 bits per heavy atom. The molecule has 1 saturated carbocycles. The molecule has 4 nitrogen and oxygen atoms in total. The van der Waals surface area contributed by atoms with Crippen LogP contribution in [0.25, 0.3) is 0 Å². The minimum absolute atomic E-state index is 0.398. The first-order valence-corrected chi connectivity index (χ1v) is 6.16. The number of nitrogens with zero attached hydrogens (tertiary/aromatic N) is 2. The maximum Gasteiger partial charge on any atom is 0.127 e. The van der Waals surface area contributed by atoms with E-state index in [1.165, 1.54) is 19.3 Å². The molecule has 0 radical (unpaired) electrons. The fourth-order valence-electron chi connectivity index (χ4n) is 2.45. The molecule has 1 aliphatic carbocycles. The van der Waals surface area contributed by atoms with Gasteiger partial charge >= 0.3 is 0 Å². The van der Waals surface area contributed by atoms with E-state index < -0.39 is 0 Å². The number of hydrogen-bond donors (Lipinski definition) is 2. The maximum absolute atomic E-state index is 8.84. The summed E-state index contributed by atoms with van der Waals surface area (Å²) in [5.74, 6) is 1.31. The Balaban J connectivity index is 2.06. The summed E-state index contributed by atoms with van der Waals surface area (Å²) < 4.78 is 0. The number of aromatic nitrogens is 1. The van der Waals surface area contributed by atoms with E-state index in [0.29, 0.717) is 17.5 Å². The molecule has 17 heavy (non-hydrogen) atoms. The number of hydrogen-bond acceptors (Lipinski definition) is 4. The van der Waals surface area contributed by atoms with E-state index in [1.807, 2.05) is 0 Å². The van der Waals surface area contributed by atoms with Crippen LogP contribution in [0.1, 0.15) is 31.2 Å². The summed E-state index contributed by atoms with van der Waals surface area (Å²) in [6.07, 6.45) is 6.51. The Labute approximate surface area is 102 Å². The van der Waals surface area contributed by atoms with Crippen LogP contribution < -0.4 is 11.1 Å². The predicted octanol–water partition coefficient (Wildman–Crippen LogP) is 1.88. The Hall–Kier alpha value is -1.60. The highest BCUT2D eigenvalue weighted by molar-refractivity contribution is 5.43. The van der Waals surface area contributed by atoms with Crippen molar-refractivity contribution in [2.75, 3.05) is 11.9 Å². The third-order valence-electron chi connectivity index (χ3n) is 3.43. The molecule has 1 aromatic heterocycles. The first-order valence-electron chi connectivity index (χ1n) is 6.16. The molecule has 1 aromatic rings. The van der Waals surface area contributed by atoms with Crippen molar-refractivity contribution in [2.45, 2.75) is 31.7 Å². The topological polar surface area (TPSA) is 74.7 Å². The predicted molar refractivity (Wildman–Crippen MR) is 67.4 cm³/mol. The zero-order chi connectivity index (χ0) is 12.1. The molecule has 0 amide bonds. The summed E-state index contributed by atoms with van der Waals surface area (Å²) in [6.45, 7) is 0.718. The molecular weight excluding hydrogens is 212 g/mol. The van der Waals surface area contributed by atoms with Gasteiger partial charge < -0.3 is 11.1 Å².